The summed E-state index contributed by atoms with van der Waals surface area (Å²) in [5, 5.41) is 45.7. The number of halogens is 1. The van der Waals surface area contributed by atoms with E-state index in [4.69, 9.17) is 45.9 Å². The fourth-order valence-corrected chi connectivity index (χ4v) is 8.31. The number of hydrogen-bond acceptors (Lipinski definition) is 18. The minimum Gasteiger partial charge on any atom is -0.478 e. The number of nitrogens with one attached hydrogen (secondary N) is 6. The molecule has 1 fully saturated rings. The molecule has 0 radical (unpaired) electrons. The van der Waals surface area contributed by atoms with E-state index in [0.29, 0.717) is 44.2 Å². The number of nitrogens with two attached hydrogens (primary N) is 8. The third-order valence-electron chi connectivity index (χ3n) is 12.7. The highest BCUT2D eigenvalue weighted by atomic mass is 19.1. The molecule has 78 heavy (non-hydrogen) atoms. The summed E-state index contributed by atoms with van der Waals surface area (Å²) in [4.78, 5) is 127. The number of ketones is 1. The van der Waals surface area contributed by atoms with Crippen molar-refractivity contribution in [3.63, 3.8) is 0 Å². The van der Waals surface area contributed by atoms with Crippen molar-refractivity contribution >= 4 is 59.1 Å². The Bertz CT molecular complexity index is 2200. The van der Waals surface area contributed by atoms with E-state index in [2.05, 4.69) is 36.9 Å². The zero-order valence-corrected chi connectivity index (χ0v) is 44.0. The van der Waals surface area contributed by atoms with Crippen molar-refractivity contribution in [3.8, 4) is 0 Å². The van der Waals surface area contributed by atoms with Crippen LogP contribution in [0.2, 0.25) is 0 Å². The Kier molecular flexibility index (Phi) is 31.4. The van der Waals surface area contributed by atoms with Gasteiger partial charge in [0.05, 0.1) is 30.8 Å². The Morgan fingerprint density at radius 3 is 1.95 bits per heavy atom. The summed E-state index contributed by atoms with van der Waals surface area (Å²) in [6.07, 6.45) is 0.347. The van der Waals surface area contributed by atoms with Crippen LogP contribution in [0.3, 0.4) is 0 Å². The lowest BCUT2D eigenvalue weighted by Crippen LogP contribution is -2.63. The highest BCUT2D eigenvalue weighted by molar-refractivity contribution is 5.98. The van der Waals surface area contributed by atoms with Gasteiger partial charge in [-0.3, -0.25) is 43.3 Å². The number of carbonyl (C=O) groups excluding carboxylic acids is 8. The van der Waals surface area contributed by atoms with Crippen LogP contribution in [0.5, 0.6) is 0 Å². The molecule has 25 N–H and O–H groups in total. The first-order valence-electron chi connectivity index (χ1n) is 26.1. The van der Waals surface area contributed by atoms with Crippen molar-refractivity contribution in [3.05, 3.63) is 47.3 Å². The standard InChI is InChI=1S/C49H83FN16O12/c50-30-11-5-9-28(23-30)24-34(43(72)62-32(13-2-4-19-52)36(67)17-16-29(48(77)78)10-7-21-59-49(57)58)63-44(73)35-15-8-22-66(35)47(76)33(14-6-20-53)61-39(70)27-60-45(74)40(37(68)25-54)65-46(75)41(38(69)26-55)64-42(71)31(56)12-1-3-18-51/h5,9-11,23,31-35,37-38,40-41,68-69H,1-4,6-8,12-22,24-27,51-56H2,(H,60,74)(H,61,70)(H,62,72)(H,63,73)(H,64,71)(H,65,75)(H,77,78)(H4,57,58,59)/b29-10+/t31-,32-,33+,34-,35-,37-,38-,40-,41-/m0/s1. The first kappa shape index (κ1) is 67.4. The van der Waals surface area contributed by atoms with Gasteiger partial charge in [0.2, 0.25) is 41.4 Å². The summed E-state index contributed by atoms with van der Waals surface area (Å²) in [6, 6.07) is -4.44. The molecule has 0 aliphatic carbocycles. The summed E-state index contributed by atoms with van der Waals surface area (Å²) in [5.74, 6) is -8.89. The largest absolute Gasteiger partial charge is 0.478 e. The molecule has 0 unspecified atom stereocenters. The number of rotatable bonds is 38. The number of aliphatic hydroxyl groups excluding tert-OH is 2. The number of aliphatic carboxylic acids is 1. The molecule has 1 heterocycles. The van der Waals surface area contributed by atoms with Crippen molar-refractivity contribution in [2.45, 2.75) is 144 Å². The molecule has 438 valence electrons. The smallest absolute Gasteiger partial charge is 0.331 e. The average Bonchev–Trinajstić information content (AvgIpc) is 3.91. The van der Waals surface area contributed by atoms with Crippen LogP contribution in [-0.4, -0.2) is 186 Å². The van der Waals surface area contributed by atoms with E-state index in [0.717, 1.165) is 6.07 Å². The molecule has 1 saturated heterocycles. The second-order valence-corrected chi connectivity index (χ2v) is 18.8. The normalized spacial score (nSPS) is 16.4. The minimum absolute atomic E-state index is 0.0242. The van der Waals surface area contributed by atoms with Gasteiger partial charge in [-0.25, -0.2) is 9.18 Å². The van der Waals surface area contributed by atoms with Crippen LogP contribution < -0.4 is 77.8 Å². The van der Waals surface area contributed by atoms with Crippen LogP contribution in [-0.2, 0) is 49.6 Å². The lowest BCUT2D eigenvalue weighted by atomic mass is 9.97. The van der Waals surface area contributed by atoms with Crippen molar-refractivity contribution in [1.29, 1.82) is 0 Å². The molecular weight excluding hydrogens is 1020 g/mol. The Labute approximate surface area is 452 Å². The molecular formula is C49H83FN16O12. The van der Waals surface area contributed by atoms with Gasteiger partial charge in [-0.05, 0) is 108 Å². The topological polar surface area (TPSA) is 510 Å². The average molecular weight is 1110 g/mol. The lowest BCUT2D eigenvalue weighted by molar-refractivity contribution is -0.142. The highest BCUT2D eigenvalue weighted by Gasteiger charge is 2.40. The highest BCUT2D eigenvalue weighted by Crippen LogP contribution is 2.21. The number of carboxylic acid groups (broad SMARTS) is 1. The number of carboxylic acids is 1. The molecule has 1 aliphatic rings. The van der Waals surface area contributed by atoms with E-state index in [1.807, 2.05) is 0 Å². The van der Waals surface area contributed by atoms with Crippen LogP contribution in [0.4, 0.5) is 4.39 Å². The molecule has 9 atom stereocenters. The van der Waals surface area contributed by atoms with E-state index >= 15 is 0 Å². The molecule has 0 bridgehead atoms. The van der Waals surface area contributed by atoms with Gasteiger partial charge in [0, 0.05) is 44.6 Å². The number of likely N-dealkylation sites (tertiary alicyclic amines) is 1. The van der Waals surface area contributed by atoms with E-state index in [1.165, 1.54) is 29.2 Å². The van der Waals surface area contributed by atoms with Crippen LogP contribution in [0.1, 0.15) is 89.0 Å². The van der Waals surface area contributed by atoms with Gasteiger partial charge < -0.3 is 98.0 Å². The quantitative estimate of drug-likeness (QED) is 0.0127. The number of nitrogens with zero attached hydrogens (tertiary/aromatic N) is 2. The van der Waals surface area contributed by atoms with Gasteiger partial charge in [-0.1, -0.05) is 24.6 Å². The Morgan fingerprint density at radius 1 is 0.731 bits per heavy atom. The number of unbranched alkanes of at least 4 members (excludes halogenated alkanes) is 2. The summed E-state index contributed by atoms with van der Waals surface area (Å²) in [6.45, 7) is -1.01. The van der Waals surface area contributed by atoms with E-state index < -0.39 is 133 Å². The number of amides is 7. The number of aliphatic hydroxyl groups is 2. The van der Waals surface area contributed by atoms with Crippen molar-refractivity contribution < 1.29 is 62.9 Å². The number of guanidine groups is 1. The van der Waals surface area contributed by atoms with Gasteiger partial charge in [-0.2, -0.15) is 0 Å². The zero-order chi connectivity index (χ0) is 58.3. The molecule has 0 saturated carbocycles. The number of Topliss-reactive ketones (excluding diaryl/α,β-unsaturated/α-hetero) is 1. The summed E-state index contributed by atoms with van der Waals surface area (Å²) >= 11 is 0. The molecule has 7 amide bonds. The molecule has 0 aromatic heterocycles. The van der Waals surface area contributed by atoms with Gasteiger partial charge in [-0.15, -0.1) is 0 Å². The van der Waals surface area contributed by atoms with Crippen LogP contribution in [0.25, 0.3) is 0 Å². The number of carbonyl (C=O) groups is 9. The fourth-order valence-electron chi connectivity index (χ4n) is 8.31. The number of benzene rings is 1. The molecule has 29 heteroatoms. The molecule has 1 aromatic carbocycles. The van der Waals surface area contributed by atoms with Crippen molar-refractivity contribution in [1.82, 2.24) is 36.8 Å². The monoisotopic (exact) mass is 1110 g/mol. The summed E-state index contributed by atoms with van der Waals surface area (Å²) in [5.41, 5.74) is 45.0. The third kappa shape index (κ3) is 23.9. The fraction of sp³-hybridized carbons (Fsp3) is 0.633. The molecule has 1 aliphatic heterocycles. The second-order valence-electron chi connectivity index (χ2n) is 18.8. The summed E-state index contributed by atoms with van der Waals surface area (Å²) in [7, 11) is 0. The van der Waals surface area contributed by atoms with Gasteiger partial charge >= 0.3 is 5.97 Å². The Morgan fingerprint density at radius 2 is 1.35 bits per heavy atom. The minimum atomic E-state index is -1.83. The first-order valence-corrected chi connectivity index (χ1v) is 26.1. The lowest BCUT2D eigenvalue weighted by Gasteiger charge is -2.30. The SMILES string of the molecule is NCCCC[C@H](NC(=O)[C@H](Cc1cccc(F)c1)NC(=O)[C@@H]1CCCN1C(=O)[C@@H](CCCN)NC(=O)CNC(=O)[C@@H](NC(=O)[C@@H](NC(=O)[C@@H](N)CCCCN)[C@@H](O)CN)[C@@H](O)CN)C(=O)CC/C(=C\CCN=C(N)N)C(=O)O. The van der Waals surface area contributed by atoms with Crippen LogP contribution in [0, 0.1) is 5.82 Å². The Hall–Kier alpha value is -6.73. The third-order valence-corrected chi connectivity index (χ3v) is 12.7. The molecule has 0 spiro atoms. The predicted octanol–water partition coefficient (Wildman–Crippen LogP) is -6.11. The van der Waals surface area contributed by atoms with Gasteiger partial charge in [0.15, 0.2) is 11.7 Å². The maximum atomic E-state index is 14.5. The maximum Gasteiger partial charge on any atom is 0.331 e. The van der Waals surface area contributed by atoms with E-state index in [1.54, 1.807) is 0 Å². The maximum absolute atomic E-state index is 14.5. The van der Waals surface area contributed by atoms with Crippen molar-refractivity contribution in [2.24, 2.45) is 50.9 Å². The van der Waals surface area contributed by atoms with Gasteiger partial charge in [0.1, 0.15) is 36.0 Å². The molecule has 28 nitrogen and oxygen atoms in total. The second kappa shape index (κ2) is 36.4. The van der Waals surface area contributed by atoms with Crippen LogP contribution in [0.15, 0.2) is 40.9 Å². The zero-order valence-electron chi connectivity index (χ0n) is 44.0. The molecule has 1 aromatic rings. The Balaban J connectivity index is 2.31. The van der Waals surface area contributed by atoms with E-state index in [9.17, 15) is 62.9 Å². The predicted molar refractivity (Wildman–Crippen MR) is 285 cm³/mol. The number of hydrogen-bond donors (Lipinski definition) is 17. The summed E-state index contributed by atoms with van der Waals surface area (Å²) < 4.78 is 14.5. The van der Waals surface area contributed by atoms with E-state index in [-0.39, 0.29) is 95.5 Å². The van der Waals surface area contributed by atoms with Crippen molar-refractivity contribution in [2.75, 3.05) is 52.4 Å². The first-order chi connectivity index (χ1) is 37.1. The van der Waals surface area contributed by atoms with Gasteiger partial charge in [0.25, 0.3) is 0 Å². The van der Waals surface area contributed by atoms with Crippen LogP contribution >= 0.6 is 0 Å². The molecule has 2 rings (SSSR count). The number of aliphatic imine (C=N–C) groups is 1.